The van der Waals surface area contributed by atoms with Gasteiger partial charge < -0.3 is 15.0 Å². The van der Waals surface area contributed by atoms with Gasteiger partial charge in [-0.25, -0.2) is 0 Å². The molecule has 0 spiro atoms. The lowest BCUT2D eigenvalue weighted by molar-refractivity contribution is -0.135. The van der Waals surface area contributed by atoms with E-state index >= 15 is 0 Å². The summed E-state index contributed by atoms with van der Waals surface area (Å²) in [5.74, 6) is 1.74. The first-order chi connectivity index (χ1) is 9.60. The summed E-state index contributed by atoms with van der Waals surface area (Å²) >= 11 is 0. The summed E-state index contributed by atoms with van der Waals surface area (Å²) in [6.07, 6.45) is 0.980. The molecule has 1 fully saturated rings. The quantitative estimate of drug-likeness (QED) is 0.913. The fourth-order valence-electron chi connectivity index (χ4n) is 2.78. The molecule has 110 valence electrons. The normalized spacial score (nSPS) is 22.4. The molecule has 4 nitrogen and oxygen atoms in total. The van der Waals surface area contributed by atoms with Crippen molar-refractivity contribution in [3.05, 3.63) is 29.8 Å². The predicted molar refractivity (Wildman–Crippen MR) is 79.6 cm³/mol. The molecular formula is C16H24N2O2. The highest BCUT2D eigenvalue weighted by Gasteiger charge is 2.27. The van der Waals surface area contributed by atoms with Crippen molar-refractivity contribution in [2.75, 3.05) is 27.2 Å². The van der Waals surface area contributed by atoms with Crippen LogP contribution in [-0.4, -0.2) is 38.1 Å². The van der Waals surface area contributed by atoms with E-state index in [-0.39, 0.29) is 11.8 Å². The van der Waals surface area contributed by atoms with E-state index in [1.807, 2.05) is 36.2 Å². The third-order valence-corrected chi connectivity index (χ3v) is 3.85. The van der Waals surface area contributed by atoms with Crippen molar-refractivity contribution in [1.29, 1.82) is 0 Å². The molecule has 2 rings (SSSR count). The number of methoxy groups -OCH3 is 1. The van der Waals surface area contributed by atoms with Gasteiger partial charge in [0.2, 0.25) is 5.91 Å². The molecule has 1 aliphatic heterocycles. The molecule has 1 saturated heterocycles. The molecule has 0 aliphatic carbocycles. The van der Waals surface area contributed by atoms with Gasteiger partial charge in [0.15, 0.2) is 0 Å². The highest BCUT2D eigenvalue weighted by atomic mass is 16.5. The highest BCUT2D eigenvalue weighted by molar-refractivity contribution is 5.79. The van der Waals surface area contributed by atoms with Gasteiger partial charge in [-0.15, -0.1) is 0 Å². The number of carbonyl (C=O) groups excluding carboxylic acids is 1. The maximum Gasteiger partial charge on any atom is 0.227 e. The number of carbonyl (C=O) groups is 1. The lowest BCUT2D eigenvalue weighted by Gasteiger charge is -2.30. The van der Waals surface area contributed by atoms with Crippen LogP contribution < -0.4 is 10.1 Å². The SMILES string of the molecule is COc1cccc(CN(C)C(=O)C2CNCC(C)C2)c1. The third kappa shape index (κ3) is 3.73. The molecule has 2 unspecified atom stereocenters. The number of hydrogen-bond donors (Lipinski definition) is 1. The van der Waals surface area contributed by atoms with Gasteiger partial charge in [0.25, 0.3) is 0 Å². The Morgan fingerprint density at radius 2 is 2.25 bits per heavy atom. The Kier molecular flexibility index (Phi) is 5.01. The Labute approximate surface area is 121 Å². The van der Waals surface area contributed by atoms with Crippen LogP contribution in [0, 0.1) is 11.8 Å². The van der Waals surface area contributed by atoms with Crippen LogP contribution in [-0.2, 0) is 11.3 Å². The molecule has 0 aromatic heterocycles. The second-order valence-corrected chi connectivity index (χ2v) is 5.74. The number of hydrogen-bond acceptors (Lipinski definition) is 3. The van der Waals surface area contributed by atoms with Gasteiger partial charge in [-0.2, -0.15) is 0 Å². The molecule has 0 saturated carbocycles. The molecular weight excluding hydrogens is 252 g/mol. The van der Waals surface area contributed by atoms with Gasteiger partial charge in [0.1, 0.15) is 5.75 Å². The summed E-state index contributed by atoms with van der Waals surface area (Å²) in [5.41, 5.74) is 1.09. The van der Waals surface area contributed by atoms with Crippen LogP contribution in [0.4, 0.5) is 0 Å². The molecule has 4 heteroatoms. The van der Waals surface area contributed by atoms with Crippen LogP contribution in [0.1, 0.15) is 18.9 Å². The maximum absolute atomic E-state index is 12.5. The Hall–Kier alpha value is -1.55. The first kappa shape index (κ1) is 14.9. The van der Waals surface area contributed by atoms with E-state index in [1.165, 1.54) is 0 Å². The first-order valence-electron chi connectivity index (χ1n) is 7.18. The fraction of sp³-hybridized carbons (Fsp3) is 0.562. The van der Waals surface area contributed by atoms with Gasteiger partial charge in [-0.1, -0.05) is 19.1 Å². The first-order valence-corrected chi connectivity index (χ1v) is 7.18. The molecule has 0 radical (unpaired) electrons. The van der Waals surface area contributed by atoms with Crippen molar-refractivity contribution in [1.82, 2.24) is 10.2 Å². The van der Waals surface area contributed by atoms with Crippen LogP contribution in [0.2, 0.25) is 0 Å². The molecule has 1 aromatic carbocycles. The van der Waals surface area contributed by atoms with Crippen molar-refractivity contribution in [3.63, 3.8) is 0 Å². The van der Waals surface area contributed by atoms with E-state index in [0.717, 1.165) is 30.8 Å². The Morgan fingerprint density at radius 3 is 2.95 bits per heavy atom. The van der Waals surface area contributed by atoms with E-state index in [2.05, 4.69) is 12.2 Å². The van der Waals surface area contributed by atoms with E-state index in [0.29, 0.717) is 12.5 Å². The third-order valence-electron chi connectivity index (χ3n) is 3.85. The predicted octanol–water partition coefficient (Wildman–Crippen LogP) is 1.90. The molecule has 1 heterocycles. The van der Waals surface area contributed by atoms with Crippen molar-refractivity contribution in [2.24, 2.45) is 11.8 Å². The minimum atomic E-state index is 0.106. The second kappa shape index (κ2) is 6.75. The molecule has 20 heavy (non-hydrogen) atoms. The van der Waals surface area contributed by atoms with E-state index in [4.69, 9.17) is 4.74 Å². The molecule has 1 aromatic rings. The standard InChI is InChI=1S/C16H24N2O2/c1-12-7-14(10-17-9-12)16(19)18(2)11-13-5-4-6-15(8-13)20-3/h4-6,8,12,14,17H,7,9-11H2,1-3H3. The number of ether oxygens (including phenoxy) is 1. The van der Waals surface area contributed by atoms with Crippen LogP contribution in [0.5, 0.6) is 5.75 Å². The zero-order valence-corrected chi connectivity index (χ0v) is 12.6. The number of piperidine rings is 1. The second-order valence-electron chi connectivity index (χ2n) is 5.74. The van der Waals surface area contributed by atoms with Gasteiger partial charge in [0.05, 0.1) is 13.0 Å². The van der Waals surface area contributed by atoms with Crippen LogP contribution in [0.25, 0.3) is 0 Å². The number of nitrogens with one attached hydrogen (secondary N) is 1. The van der Waals surface area contributed by atoms with E-state index < -0.39 is 0 Å². The van der Waals surface area contributed by atoms with Gasteiger partial charge >= 0.3 is 0 Å². The number of benzene rings is 1. The topological polar surface area (TPSA) is 41.6 Å². The zero-order chi connectivity index (χ0) is 14.5. The zero-order valence-electron chi connectivity index (χ0n) is 12.6. The highest BCUT2D eigenvalue weighted by Crippen LogP contribution is 2.19. The molecule has 1 aliphatic rings. The average Bonchev–Trinajstić information content (AvgIpc) is 2.46. The largest absolute Gasteiger partial charge is 0.497 e. The summed E-state index contributed by atoms with van der Waals surface area (Å²) in [4.78, 5) is 14.3. The molecule has 1 N–H and O–H groups in total. The summed E-state index contributed by atoms with van der Waals surface area (Å²) in [6, 6.07) is 7.87. The van der Waals surface area contributed by atoms with Gasteiger partial charge in [-0.3, -0.25) is 4.79 Å². The van der Waals surface area contributed by atoms with Crippen molar-refractivity contribution < 1.29 is 9.53 Å². The molecule has 2 atom stereocenters. The number of rotatable bonds is 4. The number of nitrogens with zero attached hydrogens (tertiary/aromatic N) is 1. The minimum absolute atomic E-state index is 0.106. The van der Waals surface area contributed by atoms with Crippen molar-refractivity contribution in [3.8, 4) is 5.75 Å². The van der Waals surface area contributed by atoms with Crippen LogP contribution >= 0.6 is 0 Å². The smallest absolute Gasteiger partial charge is 0.227 e. The Bertz CT molecular complexity index is 462. The average molecular weight is 276 g/mol. The molecule has 1 amide bonds. The lowest BCUT2D eigenvalue weighted by atomic mass is 9.91. The summed E-state index contributed by atoms with van der Waals surface area (Å²) in [5, 5.41) is 3.33. The minimum Gasteiger partial charge on any atom is -0.497 e. The monoisotopic (exact) mass is 276 g/mol. The molecule has 0 bridgehead atoms. The van der Waals surface area contributed by atoms with Crippen molar-refractivity contribution in [2.45, 2.75) is 19.9 Å². The fourth-order valence-corrected chi connectivity index (χ4v) is 2.78. The van der Waals surface area contributed by atoms with E-state index in [9.17, 15) is 4.79 Å². The Balaban J connectivity index is 1.96. The van der Waals surface area contributed by atoms with Gasteiger partial charge in [0, 0.05) is 20.1 Å². The van der Waals surface area contributed by atoms with E-state index in [1.54, 1.807) is 7.11 Å². The summed E-state index contributed by atoms with van der Waals surface area (Å²) < 4.78 is 5.21. The van der Waals surface area contributed by atoms with Crippen LogP contribution in [0.15, 0.2) is 24.3 Å². The summed E-state index contributed by atoms with van der Waals surface area (Å²) in [6.45, 7) is 4.63. The Morgan fingerprint density at radius 1 is 1.45 bits per heavy atom. The lowest BCUT2D eigenvalue weighted by Crippen LogP contribution is -2.43. The number of amides is 1. The van der Waals surface area contributed by atoms with Crippen molar-refractivity contribution >= 4 is 5.91 Å². The van der Waals surface area contributed by atoms with Crippen LogP contribution in [0.3, 0.4) is 0 Å². The van der Waals surface area contributed by atoms with Gasteiger partial charge in [-0.05, 0) is 36.6 Å². The summed E-state index contributed by atoms with van der Waals surface area (Å²) in [7, 11) is 3.53. The maximum atomic E-state index is 12.5.